The highest BCUT2D eigenvalue weighted by Crippen LogP contribution is 2.31. The second-order valence-corrected chi connectivity index (χ2v) is 7.99. The highest BCUT2D eigenvalue weighted by Gasteiger charge is 2.13. The maximum Gasteiger partial charge on any atom is 0.230 e. The van der Waals surface area contributed by atoms with Crippen LogP contribution in [-0.4, -0.2) is 17.5 Å². The third-order valence-electron chi connectivity index (χ3n) is 4.66. The van der Waals surface area contributed by atoms with Crippen LogP contribution in [0.2, 0.25) is 0 Å². The van der Waals surface area contributed by atoms with E-state index in [2.05, 4.69) is 34.6 Å². The summed E-state index contributed by atoms with van der Waals surface area (Å²) < 4.78 is 5.49. The molecule has 3 aromatic carbocycles. The molecular weight excluding hydrogens is 380 g/mol. The molecule has 1 N–H and O–H groups in total. The van der Waals surface area contributed by atoms with Gasteiger partial charge < -0.3 is 10.1 Å². The Bertz CT molecular complexity index is 1150. The SMILES string of the molecule is CCOc1ccc(-c2nc(NC(=O)Cc3ccc4ccccc4c3)sc2C)cc1. The van der Waals surface area contributed by atoms with Crippen molar-refractivity contribution in [1.29, 1.82) is 0 Å². The van der Waals surface area contributed by atoms with E-state index in [0.717, 1.165) is 32.8 Å². The number of thiazole rings is 1. The molecule has 0 saturated carbocycles. The third-order valence-corrected chi connectivity index (χ3v) is 5.55. The monoisotopic (exact) mass is 402 g/mol. The van der Waals surface area contributed by atoms with Crippen molar-refractivity contribution in [1.82, 2.24) is 4.98 Å². The first-order valence-corrected chi connectivity index (χ1v) is 10.4. The number of carbonyl (C=O) groups excluding carboxylic acids is 1. The standard InChI is InChI=1S/C24H22N2O2S/c1-3-28-21-12-10-19(11-13-21)23-16(2)29-24(26-23)25-22(27)15-17-8-9-18-6-4-5-7-20(18)14-17/h4-14H,3,15H2,1-2H3,(H,25,26,27). The molecule has 0 bridgehead atoms. The van der Waals surface area contributed by atoms with Crippen LogP contribution in [0.5, 0.6) is 5.75 Å². The number of ether oxygens (including phenoxy) is 1. The van der Waals surface area contributed by atoms with E-state index in [0.29, 0.717) is 18.2 Å². The molecule has 146 valence electrons. The summed E-state index contributed by atoms with van der Waals surface area (Å²) in [7, 11) is 0. The fourth-order valence-electron chi connectivity index (χ4n) is 3.29. The van der Waals surface area contributed by atoms with Crippen LogP contribution in [0.25, 0.3) is 22.0 Å². The van der Waals surface area contributed by atoms with Gasteiger partial charge >= 0.3 is 0 Å². The lowest BCUT2D eigenvalue weighted by atomic mass is 10.1. The zero-order valence-corrected chi connectivity index (χ0v) is 17.3. The van der Waals surface area contributed by atoms with Crippen LogP contribution < -0.4 is 10.1 Å². The van der Waals surface area contributed by atoms with Crippen LogP contribution in [0, 0.1) is 6.92 Å². The molecule has 0 spiro atoms. The van der Waals surface area contributed by atoms with Gasteiger partial charge in [-0.25, -0.2) is 4.98 Å². The lowest BCUT2D eigenvalue weighted by molar-refractivity contribution is -0.115. The van der Waals surface area contributed by atoms with E-state index < -0.39 is 0 Å². The number of rotatable bonds is 6. The van der Waals surface area contributed by atoms with E-state index in [1.807, 2.05) is 56.3 Å². The minimum Gasteiger partial charge on any atom is -0.494 e. The molecule has 1 heterocycles. The molecule has 0 unspecified atom stereocenters. The van der Waals surface area contributed by atoms with Crippen LogP contribution in [0.4, 0.5) is 5.13 Å². The zero-order valence-electron chi connectivity index (χ0n) is 16.4. The summed E-state index contributed by atoms with van der Waals surface area (Å²) in [5, 5.41) is 5.88. The van der Waals surface area contributed by atoms with Crippen molar-refractivity contribution in [3.8, 4) is 17.0 Å². The Morgan fingerprint density at radius 1 is 1.03 bits per heavy atom. The maximum atomic E-state index is 12.5. The average Bonchev–Trinajstić information content (AvgIpc) is 3.08. The van der Waals surface area contributed by atoms with Crippen molar-refractivity contribution in [2.45, 2.75) is 20.3 Å². The molecule has 0 atom stereocenters. The first-order valence-electron chi connectivity index (χ1n) is 9.60. The number of nitrogens with one attached hydrogen (secondary N) is 1. The minimum atomic E-state index is -0.0627. The van der Waals surface area contributed by atoms with E-state index in [-0.39, 0.29) is 5.91 Å². The van der Waals surface area contributed by atoms with Crippen LogP contribution in [0.1, 0.15) is 17.4 Å². The van der Waals surface area contributed by atoms with E-state index in [9.17, 15) is 4.79 Å². The van der Waals surface area contributed by atoms with Crippen LogP contribution in [0.15, 0.2) is 66.7 Å². The molecule has 4 aromatic rings. The molecule has 0 aliphatic heterocycles. The number of amides is 1. The van der Waals surface area contributed by atoms with Gasteiger partial charge in [0.2, 0.25) is 5.91 Å². The van der Waals surface area contributed by atoms with Gasteiger partial charge in [0.1, 0.15) is 5.75 Å². The molecule has 0 saturated heterocycles. The lowest BCUT2D eigenvalue weighted by Crippen LogP contribution is -2.14. The topological polar surface area (TPSA) is 51.2 Å². The summed E-state index contributed by atoms with van der Waals surface area (Å²) in [5.41, 5.74) is 2.89. The number of nitrogens with zero attached hydrogens (tertiary/aromatic N) is 1. The molecule has 0 fully saturated rings. The summed E-state index contributed by atoms with van der Waals surface area (Å²) in [6.45, 7) is 4.62. The van der Waals surface area contributed by atoms with Gasteiger partial charge in [0.25, 0.3) is 0 Å². The molecule has 4 nitrogen and oxygen atoms in total. The van der Waals surface area contributed by atoms with E-state index >= 15 is 0 Å². The number of aryl methyl sites for hydroxylation is 1. The molecule has 0 radical (unpaired) electrons. The van der Waals surface area contributed by atoms with Gasteiger partial charge in [0, 0.05) is 10.4 Å². The Morgan fingerprint density at radius 3 is 2.55 bits per heavy atom. The number of aromatic nitrogens is 1. The highest BCUT2D eigenvalue weighted by atomic mass is 32.1. The number of carbonyl (C=O) groups is 1. The Hall–Kier alpha value is -3.18. The van der Waals surface area contributed by atoms with Crippen LogP contribution in [-0.2, 0) is 11.2 Å². The largest absolute Gasteiger partial charge is 0.494 e. The fourth-order valence-corrected chi connectivity index (χ4v) is 4.14. The smallest absolute Gasteiger partial charge is 0.230 e. The molecule has 1 aromatic heterocycles. The van der Waals surface area contributed by atoms with E-state index in [1.165, 1.54) is 16.7 Å². The summed E-state index contributed by atoms with van der Waals surface area (Å²) in [6.07, 6.45) is 0.321. The third kappa shape index (κ3) is 4.46. The van der Waals surface area contributed by atoms with Gasteiger partial charge in [0.15, 0.2) is 5.13 Å². The minimum absolute atomic E-state index is 0.0627. The van der Waals surface area contributed by atoms with Crippen molar-refractivity contribution >= 4 is 33.1 Å². The Balaban J connectivity index is 1.46. The van der Waals surface area contributed by atoms with Crippen molar-refractivity contribution in [3.63, 3.8) is 0 Å². The van der Waals surface area contributed by atoms with Gasteiger partial charge in [-0.3, -0.25) is 4.79 Å². The lowest BCUT2D eigenvalue weighted by Gasteiger charge is -2.05. The Kier molecular flexibility index (Phi) is 5.58. The predicted octanol–water partition coefficient (Wildman–Crippen LogP) is 5.85. The molecule has 1 amide bonds. The number of anilines is 1. The quantitative estimate of drug-likeness (QED) is 0.440. The molecule has 5 heteroatoms. The molecular formula is C24H22N2O2S. The molecule has 0 aliphatic rings. The summed E-state index contributed by atoms with van der Waals surface area (Å²) >= 11 is 1.49. The van der Waals surface area contributed by atoms with Crippen LogP contribution in [0.3, 0.4) is 0 Å². The van der Waals surface area contributed by atoms with Gasteiger partial charge in [-0.2, -0.15) is 0 Å². The first-order chi connectivity index (χ1) is 14.1. The summed E-state index contributed by atoms with van der Waals surface area (Å²) in [5.74, 6) is 0.778. The first kappa shape index (κ1) is 19.2. The molecule has 0 aliphatic carbocycles. The molecule has 29 heavy (non-hydrogen) atoms. The normalized spacial score (nSPS) is 10.8. The van der Waals surface area contributed by atoms with Crippen molar-refractivity contribution in [2.75, 3.05) is 11.9 Å². The predicted molar refractivity (Wildman–Crippen MR) is 120 cm³/mol. The van der Waals surface area contributed by atoms with Crippen molar-refractivity contribution < 1.29 is 9.53 Å². The maximum absolute atomic E-state index is 12.5. The number of hydrogen-bond acceptors (Lipinski definition) is 4. The number of hydrogen-bond donors (Lipinski definition) is 1. The highest BCUT2D eigenvalue weighted by molar-refractivity contribution is 7.16. The van der Waals surface area contributed by atoms with Gasteiger partial charge in [-0.15, -0.1) is 11.3 Å². The summed E-state index contributed by atoms with van der Waals surface area (Å²) in [4.78, 5) is 18.2. The van der Waals surface area contributed by atoms with E-state index in [1.54, 1.807) is 0 Å². The number of fused-ring (bicyclic) bond motifs is 1. The van der Waals surface area contributed by atoms with Gasteiger partial charge in [-0.1, -0.05) is 42.5 Å². The Labute approximate surface area is 174 Å². The van der Waals surface area contributed by atoms with Crippen LogP contribution >= 0.6 is 11.3 Å². The zero-order chi connectivity index (χ0) is 20.2. The van der Waals surface area contributed by atoms with E-state index in [4.69, 9.17) is 4.74 Å². The second-order valence-electron chi connectivity index (χ2n) is 6.79. The van der Waals surface area contributed by atoms with Gasteiger partial charge in [0.05, 0.1) is 18.7 Å². The fraction of sp³-hybridized carbons (Fsp3) is 0.167. The average molecular weight is 403 g/mol. The summed E-state index contributed by atoms with van der Waals surface area (Å²) in [6, 6.07) is 22.1. The number of benzene rings is 3. The van der Waals surface area contributed by atoms with Crippen molar-refractivity contribution in [2.24, 2.45) is 0 Å². The Morgan fingerprint density at radius 2 is 1.79 bits per heavy atom. The van der Waals surface area contributed by atoms with Gasteiger partial charge in [-0.05, 0) is 54.4 Å². The molecule has 4 rings (SSSR count). The second kappa shape index (κ2) is 8.45. The van der Waals surface area contributed by atoms with Crippen molar-refractivity contribution in [3.05, 3.63) is 77.2 Å².